The van der Waals surface area contributed by atoms with E-state index in [0.29, 0.717) is 31.7 Å². The molecular weight excluding hydrogens is 442 g/mol. The quantitative estimate of drug-likeness (QED) is 0.378. The molecular formula is C24H26N3O5S-. The Balaban J connectivity index is 1.62. The maximum absolute atomic E-state index is 11.7. The lowest BCUT2D eigenvalue weighted by Gasteiger charge is -2.44. The molecule has 1 saturated heterocycles. The molecule has 2 aromatic rings. The number of hydrogen-bond donors (Lipinski definition) is 1. The molecule has 9 heteroatoms. The Bertz CT molecular complexity index is 1090. The highest BCUT2D eigenvalue weighted by molar-refractivity contribution is 7.76. The number of carboxylic acid groups (broad SMARTS) is 1. The first-order chi connectivity index (χ1) is 15.7. The van der Waals surface area contributed by atoms with Crippen molar-refractivity contribution in [1.29, 1.82) is 0 Å². The fourth-order valence-corrected chi connectivity index (χ4v) is 4.44. The van der Waals surface area contributed by atoms with Crippen LogP contribution in [0.3, 0.4) is 0 Å². The van der Waals surface area contributed by atoms with Crippen molar-refractivity contribution < 1.29 is 23.5 Å². The van der Waals surface area contributed by atoms with Crippen molar-refractivity contribution in [3.8, 4) is 11.8 Å². The number of anilines is 1. The summed E-state index contributed by atoms with van der Waals surface area (Å²) in [7, 11) is 0. The number of rotatable bonds is 7. The minimum atomic E-state index is -2.54. The van der Waals surface area contributed by atoms with Gasteiger partial charge in [-0.15, -0.1) is 0 Å². The molecule has 1 aliphatic heterocycles. The SMILES string of the molecule is CC(=O)c1cccc(C#Cc2ccc(N3CCN(N(C(C)CC(=O)O)S(=O)[O-])CC3)cc2)c1. The van der Waals surface area contributed by atoms with Gasteiger partial charge in [-0.05, 0) is 50.2 Å². The summed E-state index contributed by atoms with van der Waals surface area (Å²) in [6.07, 6.45) is -0.254. The Labute approximate surface area is 196 Å². The highest BCUT2D eigenvalue weighted by atomic mass is 32.2. The number of carbonyl (C=O) groups excluding carboxylic acids is 1. The monoisotopic (exact) mass is 468 g/mol. The Hall–Kier alpha value is -3.03. The zero-order chi connectivity index (χ0) is 24.0. The summed E-state index contributed by atoms with van der Waals surface area (Å²) in [4.78, 5) is 24.6. The molecule has 0 aliphatic carbocycles. The molecule has 0 radical (unpaired) electrons. The maximum Gasteiger partial charge on any atom is 0.305 e. The van der Waals surface area contributed by atoms with Crippen LogP contribution in [0.2, 0.25) is 0 Å². The van der Waals surface area contributed by atoms with Crippen molar-refractivity contribution in [2.45, 2.75) is 26.3 Å². The van der Waals surface area contributed by atoms with Crippen LogP contribution >= 0.6 is 0 Å². The number of piperazine rings is 1. The lowest BCUT2D eigenvalue weighted by atomic mass is 10.1. The van der Waals surface area contributed by atoms with Crippen LogP contribution < -0.4 is 4.90 Å². The van der Waals surface area contributed by atoms with Crippen LogP contribution in [0.25, 0.3) is 0 Å². The number of aliphatic carboxylic acids is 1. The number of carboxylic acids is 1. The van der Waals surface area contributed by atoms with Gasteiger partial charge in [0.05, 0.1) is 6.42 Å². The van der Waals surface area contributed by atoms with E-state index in [2.05, 4.69) is 16.7 Å². The van der Waals surface area contributed by atoms with Crippen molar-refractivity contribution >= 4 is 28.7 Å². The smallest absolute Gasteiger partial charge is 0.305 e. The Morgan fingerprint density at radius 3 is 2.30 bits per heavy atom. The van der Waals surface area contributed by atoms with Crippen molar-refractivity contribution in [1.82, 2.24) is 9.42 Å². The van der Waals surface area contributed by atoms with Crippen LogP contribution in [-0.4, -0.2) is 67.3 Å². The van der Waals surface area contributed by atoms with Crippen LogP contribution in [0.15, 0.2) is 48.5 Å². The Kier molecular flexibility index (Phi) is 8.36. The predicted octanol–water partition coefficient (Wildman–Crippen LogP) is 2.29. The van der Waals surface area contributed by atoms with E-state index in [0.717, 1.165) is 21.2 Å². The van der Waals surface area contributed by atoms with Gasteiger partial charge in [0, 0.05) is 65.9 Å². The molecule has 0 bridgehead atoms. The van der Waals surface area contributed by atoms with Crippen molar-refractivity contribution in [3.63, 3.8) is 0 Å². The van der Waals surface area contributed by atoms with Gasteiger partial charge in [0.1, 0.15) is 0 Å². The molecule has 2 atom stereocenters. The number of carbonyl (C=O) groups is 2. The molecule has 0 spiro atoms. The van der Waals surface area contributed by atoms with E-state index in [1.165, 1.54) is 6.92 Å². The third-order valence-electron chi connectivity index (χ3n) is 5.39. The molecule has 2 unspecified atom stereocenters. The second-order valence-electron chi connectivity index (χ2n) is 7.84. The molecule has 3 rings (SSSR count). The lowest BCUT2D eigenvalue weighted by molar-refractivity contribution is -0.139. The first-order valence-corrected chi connectivity index (χ1v) is 11.6. The van der Waals surface area contributed by atoms with E-state index >= 15 is 0 Å². The first kappa shape index (κ1) is 24.6. The number of nitrogens with zero attached hydrogens (tertiary/aromatic N) is 3. The van der Waals surface area contributed by atoms with E-state index in [1.807, 2.05) is 36.4 Å². The second kappa shape index (κ2) is 11.2. The molecule has 1 fully saturated rings. The van der Waals surface area contributed by atoms with Gasteiger partial charge in [0.15, 0.2) is 5.78 Å². The van der Waals surface area contributed by atoms with E-state index in [1.54, 1.807) is 24.1 Å². The molecule has 33 heavy (non-hydrogen) atoms. The summed E-state index contributed by atoms with van der Waals surface area (Å²) in [6, 6.07) is 14.4. The van der Waals surface area contributed by atoms with Gasteiger partial charge in [-0.1, -0.05) is 24.0 Å². The van der Waals surface area contributed by atoms with Gasteiger partial charge >= 0.3 is 5.97 Å². The number of ketones is 1. The summed E-state index contributed by atoms with van der Waals surface area (Å²) < 4.78 is 24.5. The van der Waals surface area contributed by atoms with Crippen molar-refractivity contribution in [2.24, 2.45) is 0 Å². The molecule has 1 heterocycles. The third-order valence-corrected chi connectivity index (χ3v) is 6.28. The molecule has 0 saturated carbocycles. The topological polar surface area (TPSA) is 104 Å². The van der Waals surface area contributed by atoms with Gasteiger partial charge < -0.3 is 14.6 Å². The van der Waals surface area contributed by atoms with Gasteiger partial charge in [-0.3, -0.25) is 13.8 Å². The van der Waals surface area contributed by atoms with Gasteiger partial charge in [-0.25, -0.2) is 5.01 Å². The van der Waals surface area contributed by atoms with Crippen LogP contribution in [0.1, 0.15) is 41.8 Å². The molecule has 0 amide bonds. The maximum atomic E-state index is 11.7. The average Bonchev–Trinajstić information content (AvgIpc) is 2.78. The van der Waals surface area contributed by atoms with Crippen LogP contribution in [0.4, 0.5) is 5.69 Å². The number of hydrazine groups is 1. The van der Waals surface area contributed by atoms with E-state index in [9.17, 15) is 18.4 Å². The zero-order valence-electron chi connectivity index (χ0n) is 18.6. The zero-order valence-corrected chi connectivity index (χ0v) is 19.4. The fourth-order valence-electron chi connectivity index (χ4n) is 3.72. The van der Waals surface area contributed by atoms with Crippen molar-refractivity contribution in [2.75, 3.05) is 31.1 Å². The normalized spacial score (nSPS) is 16.1. The molecule has 0 aromatic heterocycles. The minimum Gasteiger partial charge on any atom is -0.759 e. The standard InChI is InChI=1S/C24H27N3O5S/c1-18(16-24(29)30)27(33(31)32)26-14-12-25(13-15-26)23-10-8-20(9-11-23)6-7-21-4-3-5-22(17-21)19(2)28/h3-5,8-11,17-18H,12-16H2,1-2H3,(H,29,30)(H,31,32)/p-1. The molecule has 174 valence electrons. The summed E-state index contributed by atoms with van der Waals surface area (Å²) in [6.45, 7) is 5.26. The Morgan fingerprint density at radius 2 is 1.73 bits per heavy atom. The number of hydrogen-bond acceptors (Lipinski definition) is 6. The molecule has 8 nitrogen and oxygen atoms in total. The van der Waals surface area contributed by atoms with E-state index in [-0.39, 0.29) is 12.2 Å². The number of benzene rings is 2. The average molecular weight is 469 g/mol. The molecule has 2 aromatic carbocycles. The predicted molar refractivity (Wildman–Crippen MR) is 125 cm³/mol. The largest absolute Gasteiger partial charge is 0.759 e. The summed E-state index contributed by atoms with van der Waals surface area (Å²) in [5.41, 5.74) is 3.27. The van der Waals surface area contributed by atoms with Crippen molar-refractivity contribution in [3.05, 3.63) is 65.2 Å². The molecule has 1 aliphatic rings. The fraction of sp³-hybridized carbons (Fsp3) is 0.333. The minimum absolute atomic E-state index is 0.00376. The van der Waals surface area contributed by atoms with Gasteiger partial charge in [-0.2, -0.15) is 4.41 Å². The lowest BCUT2D eigenvalue weighted by Crippen LogP contribution is -2.57. The van der Waals surface area contributed by atoms with Crippen LogP contribution in [0, 0.1) is 11.8 Å². The summed E-state index contributed by atoms with van der Waals surface area (Å²) in [5, 5.41) is 10.7. The van der Waals surface area contributed by atoms with Crippen LogP contribution in [0.5, 0.6) is 0 Å². The molecule has 1 N–H and O–H groups in total. The van der Waals surface area contributed by atoms with Gasteiger partial charge in [0.25, 0.3) is 0 Å². The second-order valence-corrected chi connectivity index (χ2v) is 8.65. The van der Waals surface area contributed by atoms with Gasteiger partial charge in [0.2, 0.25) is 0 Å². The highest BCUT2D eigenvalue weighted by Gasteiger charge is 2.27. The summed E-state index contributed by atoms with van der Waals surface area (Å²) >= 11 is -2.54. The third kappa shape index (κ3) is 6.73. The highest BCUT2D eigenvalue weighted by Crippen LogP contribution is 2.20. The first-order valence-electron chi connectivity index (χ1n) is 10.6. The van der Waals surface area contributed by atoms with E-state index < -0.39 is 23.3 Å². The Morgan fingerprint density at radius 1 is 1.09 bits per heavy atom. The van der Waals surface area contributed by atoms with Crippen LogP contribution in [-0.2, 0) is 16.1 Å². The number of Topliss-reactive ketones (excluding diaryl/α,β-unsaturated/α-hetero) is 1. The van der Waals surface area contributed by atoms with E-state index in [4.69, 9.17) is 5.11 Å². The summed E-state index contributed by atoms with van der Waals surface area (Å²) in [5.74, 6) is 5.16.